The van der Waals surface area contributed by atoms with E-state index in [9.17, 15) is 34.2 Å². The monoisotopic (exact) mass is 473 g/mol. The molecule has 0 bridgehead atoms. The molecule has 0 unspecified atom stereocenters. The average Bonchev–Trinajstić information content (AvgIpc) is 3.58. The van der Waals surface area contributed by atoms with Crippen LogP contribution in [0.15, 0.2) is 50.5 Å². The van der Waals surface area contributed by atoms with Crippen LogP contribution in [0.5, 0.6) is 11.5 Å². The summed E-state index contributed by atoms with van der Waals surface area (Å²) in [4.78, 5) is 23.3. The molecule has 13 heteroatoms. The fourth-order valence-electron chi connectivity index (χ4n) is 3.78. The highest BCUT2D eigenvalue weighted by atomic mass is 32.3. The Labute approximate surface area is 187 Å². The summed E-state index contributed by atoms with van der Waals surface area (Å²) in [5.74, 6) is -1.12. The van der Waals surface area contributed by atoms with E-state index in [0.717, 1.165) is 18.9 Å². The van der Waals surface area contributed by atoms with Crippen LogP contribution in [-0.2, 0) is 0 Å². The quantitative estimate of drug-likeness (QED) is 0.184. The van der Waals surface area contributed by atoms with E-state index in [1.54, 1.807) is 24.3 Å². The molecule has 0 spiro atoms. The average molecular weight is 473 g/mol. The largest absolute Gasteiger partial charge is 0.506 e. The Morgan fingerprint density at radius 2 is 1.94 bits per heavy atom. The molecule has 3 aromatic rings. The van der Waals surface area contributed by atoms with E-state index in [2.05, 4.69) is 15.1 Å². The number of nitro groups is 1. The van der Waals surface area contributed by atoms with Crippen LogP contribution in [0, 0.1) is 16.0 Å². The molecule has 2 heterocycles. The Morgan fingerprint density at radius 1 is 1.21 bits per heavy atom. The van der Waals surface area contributed by atoms with Gasteiger partial charge in [-0.1, -0.05) is 22.9 Å². The molecule has 2 aliphatic rings. The van der Waals surface area contributed by atoms with E-state index in [1.165, 1.54) is 10.7 Å². The number of nitrogens with one attached hydrogen (secondary N) is 2. The minimum Gasteiger partial charge on any atom is -0.506 e. The standard InChI is InChI=1S/C20H19N5O7S/c26-14-8-7-12-18(16(14)25(29)30)33(31,32)23-19(22-12)15-17(27)11-3-1-2-4-13(11)24(20(15)28)21-9-10-5-6-10/h1-4,7-8,10,21,26-27,31-32H,5-6,9H2,(H,22,23). The van der Waals surface area contributed by atoms with Crippen molar-refractivity contribution in [3.05, 3.63) is 62.4 Å². The summed E-state index contributed by atoms with van der Waals surface area (Å²) in [7, 11) is -4.21. The van der Waals surface area contributed by atoms with E-state index >= 15 is 0 Å². The summed E-state index contributed by atoms with van der Waals surface area (Å²) in [6.07, 6.45) is 2.09. The van der Waals surface area contributed by atoms with E-state index in [0.29, 0.717) is 23.4 Å². The van der Waals surface area contributed by atoms with Crippen molar-refractivity contribution in [2.24, 2.45) is 10.3 Å². The lowest BCUT2D eigenvalue weighted by Crippen LogP contribution is -2.36. The molecule has 33 heavy (non-hydrogen) atoms. The van der Waals surface area contributed by atoms with Crippen LogP contribution in [-0.4, -0.2) is 41.3 Å². The number of nitro benzene ring substituents is 1. The number of anilines is 1. The fraction of sp³-hybridized carbons (Fsp3) is 0.200. The lowest BCUT2D eigenvalue weighted by atomic mass is 10.1. The molecule has 12 nitrogen and oxygen atoms in total. The van der Waals surface area contributed by atoms with Gasteiger partial charge in [-0.3, -0.25) is 24.0 Å². The minimum absolute atomic E-state index is 0.131. The van der Waals surface area contributed by atoms with Crippen molar-refractivity contribution in [1.29, 1.82) is 0 Å². The molecule has 1 fully saturated rings. The number of phenols is 1. The van der Waals surface area contributed by atoms with Gasteiger partial charge in [0.15, 0.2) is 16.5 Å². The number of para-hydroxylation sites is 1. The van der Waals surface area contributed by atoms with Gasteiger partial charge >= 0.3 is 5.69 Å². The Morgan fingerprint density at radius 3 is 2.64 bits per heavy atom. The number of hydrogen-bond acceptors (Lipinski definition) is 10. The third-order valence-corrected chi connectivity index (χ3v) is 6.96. The summed E-state index contributed by atoms with van der Waals surface area (Å²) in [6.45, 7) is 0.539. The zero-order valence-electron chi connectivity index (χ0n) is 16.9. The van der Waals surface area contributed by atoms with Crippen LogP contribution in [0.3, 0.4) is 0 Å². The first-order valence-electron chi connectivity index (χ1n) is 9.95. The van der Waals surface area contributed by atoms with Crippen molar-refractivity contribution in [2.45, 2.75) is 17.7 Å². The highest BCUT2D eigenvalue weighted by Crippen LogP contribution is 2.61. The SMILES string of the molecule is O=c1c(C2=NS(O)(O)c3c(ccc(O)c3[N+](=O)[O-])N2)c(O)c2ccccc2n1NCC1CC1. The lowest BCUT2D eigenvalue weighted by Gasteiger charge is -2.33. The van der Waals surface area contributed by atoms with Gasteiger partial charge in [-0.25, -0.2) is 4.68 Å². The van der Waals surface area contributed by atoms with Gasteiger partial charge in [0.25, 0.3) is 5.56 Å². The number of rotatable bonds is 5. The molecule has 0 radical (unpaired) electrons. The van der Waals surface area contributed by atoms with E-state index in [1.807, 2.05) is 0 Å². The van der Waals surface area contributed by atoms with Crippen LogP contribution >= 0.6 is 10.8 Å². The van der Waals surface area contributed by atoms with Crippen molar-refractivity contribution in [3.63, 3.8) is 0 Å². The smallest absolute Gasteiger partial charge is 0.337 e. The number of benzene rings is 2. The van der Waals surface area contributed by atoms with Gasteiger partial charge in [0.05, 0.1) is 16.1 Å². The summed E-state index contributed by atoms with van der Waals surface area (Å²) in [5.41, 5.74) is 1.43. The first kappa shape index (κ1) is 21.1. The van der Waals surface area contributed by atoms with Gasteiger partial charge < -0.3 is 21.0 Å². The molecule has 172 valence electrons. The van der Waals surface area contributed by atoms with Crippen molar-refractivity contribution in [2.75, 3.05) is 17.3 Å². The number of amidine groups is 1. The van der Waals surface area contributed by atoms with Crippen molar-refractivity contribution in [3.8, 4) is 11.5 Å². The number of aromatic hydroxyl groups is 2. The van der Waals surface area contributed by atoms with Crippen molar-refractivity contribution < 1.29 is 24.2 Å². The molecule has 0 amide bonds. The summed E-state index contributed by atoms with van der Waals surface area (Å²) in [6, 6.07) is 8.85. The number of pyridine rings is 1. The van der Waals surface area contributed by atoms with Crippen molar-refractivity contribution in [1.82, 2.24) is 4.68 Å². The minimum atomic E-state index is -4.21. The lowest BCUT2D eigenvalue weighted by molar-refractivity contribution is -0.388. The van der Waals surface area contributed by atoms with Crippen LogP contribution in [0.25, 0.3) is 10.9 Å². The number of fused-ring (bicyclic) bond motifs is 2. The molecular weight excluding hydrogens is 454 g/mol. The van der Waals surface area contributed by atoms with Gasteiger partial charge in [0.1, 0.15) is 11.3 Å². The maximum absolute atomic E-state index is 13.4. The van der Waals surface area contributed by atoms with E-state index in [4.69, 9.17) is 0 Å². The highest BCUT2D eigenvalue weighted by Gasteiger charge is 2.38. The highest BCUT2D eigenvalue weighted by molar-refractivity contribution is 8.23. The predicted molar refractivity (Wildman–Crippen MR) is 123 cm³/mol. The first-order valence-corrected chi connectivity index (χ1v) is 11.5. The molecule has 0 atom stereocenters. The third kappa shape index (κ3) is 3.42. The molecule has 2 aromatic carbocycles. The van der Waals surface area contributed by atoms with E-state index in [-0.39, 0.29) is 17.1 Å². The Bertz CT molecular complexity index is 1410. The maximum Gasteiger partial charge on any atom is 0.337 e. The molecule has 1 saturated carbocycles. The van der Waals surface area contributed by atoms with Crippen LogP contribution in [0.4, 0.5) is 11.4 Å². The van der Waals surface area contributed by atoms with Crippen LogP contribution in [0.2, 0.25) is 0 Å². The topological polar surface area (TPSA) is 182 Å². The van der Waals surface area contributed by atoms with Gasteiger partial charge in [-0.05, 0) is 43.0 Å². The normalized spacial score (nSPS) is 17.6. The number of nitrogens with zero attached hydrogens (tertiary/aromatic N) is 3. The van der Waals surface area contributed by atoms with E-state index < -0.39 is 43.3 Å². The molecule has 1 aliphatic heterocycles. The molecule has 6 N–H and O–H groups in total. The van der Waals surface area contributed by atoms with Gasteiger partial charge in [0.2, 0.25) is 0 Å². The Kier molecular flexibility index (Phi) is 4.70. The van der Waals surface area contributed by atoms with Crippen molar-refractivity contribution >= 4 is 38.9 Å². The van der Waals surface area contributed by atoms with Gasteiger partial charge in [-0.2, -0.15) is 0 Å². The number of aromatic nitrogens is 1. The van der Waals surface area contributed by atoms with Crippen LogP contribution in [0.1, 0.15) is 18.4 Å². The summed E-state index contributed by atoms with van der Waals surface area (Å²) in [5, 5.41) is 35.2. The zero-order valence-corrected chi connectivity index (χ0v) is 17.7. The fourth-order valence-corrected chi connectivity index (χ4v) is 5.12. The van der Waals surface area contributed by atoms with Gasteiger partial charge in [0, 0.05) is 11.9 Å². The van der Waals surface area contributed by atoms with Gasteiger partial charge in [-0.15, -0.1) is 4.40 Å². The molecule has 0 saturated heterocycles. The molecule has 5 rings (SSSR count). The molecule has 1 aliphatic carbocycles. The zero-order chi connectivity index (χ0) is 23.5. The van der Waals surface area contributed by atoms with Crippen LogP contribution < -0.4 is 16.3 Å². The summed E-state index contributed by atoms with van der Waals surface area (Å²) >= 11 is 0. The molecule has 1 aromatic heterocycles. The maximum atomic E-state index is 13.4. The molecular formula is C20H19N5O7S. The first-order chi connectivity index (χ1) is 15.7. The number of hydrogen-bond donors (Lipinski definition) is 6. The summed E-state index contributed by atoms with van der Waals surface area (Å²) < 4.78 is 26.3. The second kappa shape index (κ2) is 7.37. The second-order valence-corrected chi connectivity index (χ2v) is 9.47. The second-order valence-electron chi connectivity index (χ2n) is 7.84. The predicted octanol–water partition coefficient (Wildman–Crippen LogP) is 3.17. The Balaban J connectivity index is 1.71. The Hall–Kier alpha value is -3.81. The third-order valence-electron chi connectivity index (χ3n) is 5.56. The number of phenolic OH excluding ortho intramolecular Hbond substituents is 1.